The molecule has 0 aromatic carbocycles. The molecule has 1 aliphatic carbocycles. The molecule has 0 bridgehead atoms. The Morgan fingerprint density at radius 3 is 2.72 bits per heavy atom. The highest BCUT2D eigenvalue weighted by Gasteiger charge is 2.40. The molecule has 3 aliphatic rings. The van der Waals surface area contributed by atoms with Gasteiger partial charge in [-0.3, -0.25) is 4.99 Å². The maximum absolute atomic E-state index is 12.0. The minimum Gasteiger partial charge on any atom is -0.469 e. The second-order valence-corrected chi connectivity index (χ2v) is 9.24. The Morgan fingerprint density at radius 2 is 2.00 bits per heavy atom. The van der Waals surface area contributed by atoms with Gasteiger partial charge in [0.15, 0.2) is 5.96 Å². The van der Waals surface area contributed by atoms with Gasteiger partial charge < -0.3 is 29.4 Å². The molecule has 8 nitrogen and oxygen atoms in total. The molecule has 2 saturated heterocycles. The van der Waals surface area contributed by atoms with Gasteiger partial charge in [0.2, 0.25) is 0 Å². The summed E-state index contributed by atoms with van der Waals surface area (Å²) in [5.74, 6) is 1.82. The van der Waals surface area contributed by atoms with E-state index in [2.05, 4.69) is 10.6 Å². The summed E-state index contributed by atoms with van der Waals surface area (Å²) in [6.07, 6.45) is 11.0. The first-order chi connectivity index (χ1) is 15.7. The predicted molar refractivity (Wildman–Crippen MR) is 123 cm³/mol. The molecule has 8 heteroatoms. The number of carbonyl (C=O) groups excluding carboxylic acids is 1. The van der Waals surface area contributed by atoms with Crippen LogP contribution in [0.4, 0.5) is 4.79 Å². The molecular formula is C24H38N4O4. The third-order valence-corrected chi connectivity index (χ3v) is 6.92. The zero-order chi connectivity index (χ0) is 22.2. The lowest BCUT2D eigenvalue weighted by Gasteiger charge is -2.39. The van der Waals surface area contributed by atoms with Crippen molar-refractivity contribution in [3.05, 3.63) is 24.2 Å². The van der Waals surface area contributed by atoms with Crippen LogP contribution < -0.4 is 10.6 Å². The summed E-state index contributed by atoms with van der Waals surface area (Å²) in [4.78, 5) is 18.7. The highest BCUT2D eigenvalue weighted by molar-refractivity contribution is 5.80. The standard InChI is InChI=1S/C24H38N4O4/c1-2-30-23(29)28-14-8-19(9-15-28)26-22(25-13-7-21-6-5-16-31-21)27-20-10-17-32-24(18-20)11-3-4-12-24/h5-6,16,19-20H,2-4,7-15,17-18H2,1H3,(H2,25,26,27). The summed E-state index contributed by atoms with van der Waals surface area (Å²) in [7, 11) is 0. The monoisotopic (exact) mass is 446 g/mol. The maximum atomic E-state index is 12.0. The van der Waals surface area contributed by atoms with E-state index in [-0.39, 0.29) is 17.7 Å². The van der Waals surface area contributed by atoms with Crippen LogP contribution in [0.15, 0.2) is 27.8 Å². The number of amides is 1. The number of carbonyl (C=O) groups is 1. The van der Waals surface area contributed by atoms with E-state index < -0.39 is 0 Å². The summed E-state index contributed by atoms with van der Waals surface area (Å²) in [5, 5.41) is 7.35. The van der Waals surface area contributed by atoms with Gasteiger partial charge in [0, 0.05) is 44.7 Å². The van der Waals surface area contributed by atoms with Crippen LogP contribution in [0.3, 0.4) is 0 Å². The van der Waals surface area contributed by atoms with Gasteiger partial charge in [0.25, 0.3) is 0 Å². The van der Waals surface area contributed by atoms with E-state index in [1.165, 1.54) is 25.7 Å². The van der Waals surface area contributed by atoms with Crippen LogP contribution >= 0.6 is 0 Å². The molecule has 1 amide bonds. The Bertz CT molecular complexity index is 737. The molecular weight excluding hydrogens is 408 g/mol. The van der Waals surface area contributed by atoms with Gasteiger partial charge in [-0.05, 0) is 57.6 Å². The SMILES string of the molecule is CCOC(=O)N1CCC(NC(=NCCc2ccco2)NC2CCOC3(CCCC3)C2)CC1. The Balaban J connectivity index is 1.34. The van der Waals surface area contributed by atoms with E-state index in [1.54, 1.807) is 11.2 Å². The average Bonchev–Trinajstić information content (AvgIpc) is 3.47. The Morgan fingerprint density at radius 1 is 1.22 bits per heavy atom. The molecule has 1 spiro atoms. The van der Waals surface area contributed by atoms with Crippen LogP contribution in [0, 0.1) is 0 Å². The summed E-state index contributed by atoms with van der Waals surface area (Å²) >= 11 is 0. The van der Waals surface area contributed by atoms with Crippen molar-refractivity contribution in [2.75, 3.05) is 32.8 Å². The first-order valence-corrected chi connectivity index (χ1v) is 12.3. The maximum Gasteiger partial charge on any atom is 0.409 e. The molecule has 1 atom stereocenters. The van der Waals surface area contributed by atoms with E-state index in [4.69, 9.17) is 18.9 Å². The van der Waals surface area contributed by atoms with Gasteiger partial charge in [-0.2, -0.15) is 0 Å². The van der Waals surface area contributed by atoms with Crippen molar-refractivity contribution in [2.24, 2.45) is 4.99 Å². The lowest BCUT2D eigenvalue weighted by molar-refractivity contribution is -0.0815. The Labute approximate surface area is 191 Å². The topological polar surface area (TPSA) is 88.3 Å². The Hall–Kier alpha value is -2.22. The Kier molecular flexibility index (Phi) is 7.95. The van der Waals surface area contributed by atoms with Gasteiger partial charge in [-0.1, -0.05) is 12.8 Å². The number of nitrogens with zero attached hydrogens (tertiary/aromatic N) is 2. The lowest BCUT2D eigenvalue weighted by Crippen LogP contribution is -2.54. The minimum absolute atomic E-state index is 0.0696. The molecule has 4 rings (SSSR count). The zero-order valence-corrected chi connectivity index (χ0v) is 19.3. The molecule has 0 radical (unpaired) electrons. The van der Waals surface area contributed by atoms with E-state index in [0.29, 0.717) is 32.3 Å². The van der Waals surface area contributed by atoms with Crippen LogP contribution in [0.25, 0.3) is 0 Å². The van der Waals surface area contributed by atoms with Gasteiger partial charge in [0.1, 0.15) is 5.76 Å². The van der Waals surface area contributed by atoms with E-state index in [9.17, 15) is 4.79 Å². The van der Waals surface area contributed by atoms with Crippen LogP contribution in [0.1, 0.15) is 64.1 Å². The van der Waals surface area contributed by atoms with Crippen molar-refractivity contribution in [1.29, 1.82) is 0 Å². The number of hydrogen-bond donors (Lipinski definition) is 2. The molecule has 1 saturated carbocycles. The number of guanidine groups is 1. The van der Waals surface area contributed by atoms with Crippen molar-refractivity contribution >= 4 is 12.1 Å². The highest BCUT2D eigenvalue weighted by Crippen LogP contribution is 2.39. The second kappa shape index (κ2) is 11.1. The number of piperidine rings is 1. The van der Waals surface area contributed by atoms with Crippen molar-refractivity contribution in [1.82, 2.24) is 15.5 Å². The predicted octanol–water partition coefficient (Wildman–Crippen LogP) is 3.47. The van der Waals surface area contributed by atoms with Crippen LogP contribution in [0.5, 0.6) is 0 Å². The fourth-order valence-corrected chi connectivity index (χ4v) is 5.19. The highest BCUT2D eigenvalue weighted by atomic mass is 16.6. The van der Waals surface area contributed by atoms with Crippen molar-refractivity contribution < 1.29 is 18.7 Å². The third kappa shape index (κ3) is 6.18. The number of furan rings is 1. The quantitative estimate of drug-likeness (QED) is 0.514. The fourth-order valence-electron chi connectivity index (χ4n) is 5.19. The molecule has 3 fully saturated rings. The molecule has 1 aromatic heterocycles. The summed E-state index contributed by atoms with van der Waals surface area (Å²) in [5.41, 5.74) is 0.0696. The smallest absolute Gasteiger partial charge is 0.409 e. The largest absolute Gasteiger partial charge is 0.469 e. The minimum atomic E-state index is -0.208. The fraction of sp³-hybridized carbons (Fsp3) is 0.750. The van der Waals surface area contributed by atoms with Crippen LogP contribution in [-0.4, -0.2) is 67.5 Å². The summed E-state index contributed by atoms with van der Waals surface area (Å²) in [6.45, 7) is 5.15. The van der Waals surface area contributed by atoms with Gasteiger partial charge in [-0.15, -0.1) is 0 Å². The van der Waals surface area contributed by atoms with Crippen LogP contribution in [-0.2, 0) is 15.9 Å². The van der Waals surface area contributed by atoms with Crippen LogP contribution in [0.2, 0.25) is 0 Å². The lowest BCUT2D eigenvalue weighted by atomic mass is 9.89. The second-order valence-electron chi connectivity index (χ2n) is 9.24. The molecule has 1 unspecified atom stereocenters. The van der Waals surface area contributed by atoms with Gasteiger partial charge >= 0.3 is 6.09 Å². The van der Waals surface area contributed by atoms with Crippen molar-refractivity contribution in [3.63, 3.8) is 0 Å². The van der Waals surface area contributed by atoms with Gasteiger partial charge in [0.05, 0.1) is 18.5 Å². The van der Waals surface area contributed by atoms with E-state index in [0.717, 1.165) is 50.4 Å². The molecule has 32 heavy (non-hydrogen) atoms. The van der Waals surface area contributed by atoms with Crippen molar-refractivity contribution in [2.45, 2.75) is 82.4 Å². The third-order valence-electron chi connectivity index (χ3n) is 6.92. The first kappa shape index (κ1) is 23.0. The first-order valence-electron chi connectivity index (χ1n) is 12.3. The number of nitrogens with one attached hydrogen (secondary N) is 2. The molecule has 178 valence electrons. The number of rotatable bonds is 6. The van der Waals surface area contributed by atoms with Gasteiger partial charge in [-0.25, -0.2) is 4.79 Å². The molecule has 1 aromatic rings. The van der Waals surface area contributed by atoms with Crippen molar-refractivity contribution in [3.8, 4) is 0 Å². The number of aliphatic imine (C=N–C) groups is 1. The van der Waals surface area contributed by atoms with E-state index >= 15 is 0 Å². The normalized spacial score (nSPS) is 24.0. The number of likely N-dealkylation sites (tertiary alicyclic amines) is 1. The molecule has 3 heterocycles. The molecule has 2 N–H and O–H groups in total. The zero-order valence-electron chi connectivity index (χ0n) is 19.3. The van der Waals surface area contributed by atoms with E-state index in [1.807, 2.05) is 19.1 Å². The summed E-state index contributed by atoms with van der Waals surface area (Å²) in [6, 6.07) is 4.56. The number of hydrogen-bond acceptors (Lipinski definition) is 5. The number of ether oxygens (including phenoxy) is 2. The molecule has 2 aliphatic heterocycles. The average molecular weight is 447 g/mol. The summed E-state index contributed by atoms with van der Waals surface area (Å²) < 4.78 is 16.8.